The number of nitrogens with zero attached hydrogens (tertiary/aromatic N) is 3. The lowest BCUT2D eigenvalue weighted by molar-refractivity contribution is 0.432. The highest BCUT2D eigenvalue weighted by atomic mass is 35.5. The summed E-state index contributed by atoms with van der Waals surface area (Å²) < 4.78 is 22.4. The van der Waals surface area contributed by atoms with Gasteiger partial charge in [0.05, 0.1) is 16.3 Å². The van der Waals surface area contributed by atoms with Crippen LogP contribution < -0.4 is 5.73 Å². The molecule has 0 saturated heterocycles. The van der Waals surface area contributed by atoms with Crippen LogP contribution in [-0.4, -0.2) is 14.5 Å². The van der Waals surface area contributed by atoms with Gasteiger partial charge in [-0.15, -0.1) is 0 Å². The summed E-state index contributed by atoms with van der Waals surface area (Å²) in [6, 6.07) is 4.21. The maximum atomic E-state index is 13.1. The van der Waals surface area contributed by atoms with Gasteiger partial charge in [0.1, 0.15) is 10.8 Å². The van der Waals surface area contributed by atoms with Gasteiger partial charge in [0.25, 0.3) is 5.89 Å². The first-order valence-corrected chi connectivity index (χ1v) is 6.72. The van der Waals surface area contributed by atoms with Crippen LogP contribution in [-0.2, 0) is 0 Å². The van der Waals surface area contributed by atoms with E-state index in [9.17, 15) is 4.39 Å². The molecule has 2 N–H and O–H groups in total. The van der Waals surface area contributed by atoms with Crippen LogP contribution in [0.25, 0.3) is 22.8 Å². The van der Waals surface area contributed by atoms with Crippen LogP contribution in [0.15, 0.2) is 22.7 Å². The standard InChI is InChI=1S/C12H8ClFN4OS/c1-5-9(10(15)20-18-5)12-16-11(17-19-12)6-2-3-8(14)7(13)4-6/h2-4H,15H2,1H3. The lowest BCUT2D eigenvalue weighted by atomic mass is 10.2. The number of anilines is 1. The molecule has 0 fully saturated rings. The smallest absolute Gasteiger partial charge is 0.263 e. The molecule has 2 aromatic heterocycles. The number of aromatic nitrogens is 3. The van der Waals surface area contributed by atoms with Crippen LogP contribution in [0, 0.1) is 12.7 Å². The number of rotatable bonds is 2. The minimum Gasteiger partial charge on any atom is -0.389 e. The first kappa shape index (κ1) is 13.0. The van der Waals surface area contributed by atoms with Gasteiger partial charge in [-0.2, -0.15) is 9.36 Å². The second-order valence-electron chi connectivity index (χ2n) is 4.06. The Morgan fingerprint density at radius 2 is 2.20 bits per heavy atom. The van der Waals surface area contributed by atoms with Gasteiger partial charge in [0, 0.05) is 5.56 Å². The van der Waals surface area contributed by atoms with Crippen molar-refractivity contribution in [3.63, 3.8) is 0 Å². The van der Waals surface area contributed by atoms with Gasteiger partial charge in [-0.25, -0.2) is 4.39 Å². The molecule has 102 valence electrons. The lowest BCUT2D eigenvalue weighted by Gasteiger charge is -1.96. The van der Waals surface area contributed by atoms with Gasteiger partial charge in [0.2, 0.25) is 5.82 Å². The second kappa shape index (κ2) is 4.84. The zero-order chi connectivity index (χ0) is 14.3. The first-order chi connectivity index (χ1) is 9.56. The number of nitrogen functional groups attached to an aromatic ring is 1. The lowest BCUT2D eigenvalue weighted by Crippen LogP contribution is -1.87. The molecule has 3 aromatic rings. The highest BCUT2D eigenvalue weighted by Gasteiger charge is 2.18. The maximum absolute atomic E-state index is 13.1. The van der Waals surface area contributed by atoms with Crippen LogP contribution in [0.2, 0.25) is 5.02 Å². The molecule has 0 aliphatic rings. The van der Waals surface area contributed by atoms with Crippen LogP contribution >= 0.6 is 23.1 Å². The number of hydrogen-bond donors (Lipinski definition) is 1. The molecule has 0 aliphatic heterocycles. The van der Waals surface area contributed by atoms with Crippen molar-refractivity contribution in [2.75, 3.05) is 5.73 Å². The molecule has 20 heavy (non-hydrogen) atoms. The SMILES string of the molecule is Cc1nsc(N)c1-c1nc(-c2ccc(F)c(Cl)c2)no1. The Hall–Kier alpha value is -1.99. The van der Waals surface area contributed by atoms with E-state index in [1.165, 1.54) is 18.2 Å². The van der Waals surface area contributed by atoms with E-state index < -0.39 is 5.82 Å². The van der Waals surface area contributed by atoms with Crippen molar-refractivity contribution < 1.29 is 8.91 Å². The Morgan fingerprint density at radius 3 is 2.85 bits per heavy atom. The summed E-state index contributed by atoms with van der Waals surface area (Å²) in [5.41, 5.74) is 7.73. The van der Waals surface area contributed by atoms with Gasteiger partial charge in [0.15, 0.2) is 0 Å². The van der Waals surface area contributed by atoms with Crippen LogP contribution in [0.4, 0.5) is 9.39 Å². The summed E-state index contributed by atoms with van der Waals surface area (Å²) in [7, 11) is 0. The fourth-order valence-corrected chi connectivity index (χ4v) is 2.56. The molecular weight excluding hydrogens is 303 g/mol. The summed E-state index contributed by atoms with van der Waals surface area (Å²) in [6.45, 7) is 1.81. The number of nitrogens with two attached hydrogens (primary N) is 1. The van der Waals surface area contributed by atoms with Gasteiger partial charge in [-0.3, -0.25) is 0 Å². The monoisotopic (exact) mass is 310 g/mol. The maximum Gasteiger partial charge on any atom is 0.263 e. The molecule has 0 bridgehead atoms. The molecule has 0 atom stereocenters. The van der Waals surface area contributed by atoms with Gasteiger partial charge < -0.3 is 10.3 Å². The van der Waals surface area contributed by atoms with Crippen molar-refractivity contribution in [1.29, 1.82) is 0 Å². The molecule has 0 saturated carbocycles. The molecule has 2 heterocycles. The molecule has 0 radical (unpaired) electrons. The minimum atomic E-state index is -0.499. The summed E-state index contributed by atoms with van der Waals surface area (Å²) in [5.74, 6) is 0.0948. The molecule has 0 amide bonds. The normalized spacial score (nSPS) is 10.9. The quantitative estimate of drug-likeness (QED) is 0.783. The number of benzene rings is 1. The van der Waals surface area contributed by atoms with E-state index in [1.54, 1.807) is 6.92 Å². The van der Waals surface area contributed by atoms with E-state index in [0.717, 1.165) is 17.2 Å². The Balaban J connectivity index is 2.04. The first-order valence-electron chi connectivity index (χ1n) is 5.57. The largest absolute Gasteiger partial charge is 0.389 e. The Morgan fingerprint density at radius 1 is 1.40 bits per heavy atom. The zero-order valence-corrected chi connectivity index (χ0v) is 11.8. The molecular formula is C12H8ClFN4OS. The third-order valence-corrected chi connectivity index (χ3v) is 3.76. The predicted molar refractivity (Wildman–Crippen MR) is 75.0 cm³/mol. The molecule has 3 rings (SSSR count). The zero-order valence-electron chi connectivity index (χ0n) is 10.2. The van der Waals surface area contributed by atoms with E-state index >= 15 is 0 Å². The van der Waals surface area contributed by atoms with Gasteiger partial charge in [-0.05, 0) is 36.7 Å². The predicted octanol–water partition coefficient (Wildman–Crippen LogP) is 3.54. The minimum absolute atomic E-state index is 0.00162. The van der Waals surface area contributed by atoms with Gasteiger partial charge in [-0.1, -0.05) is 16.8 Å². The van der Waals surface area contributed by atoms with Gasteiger partial charge >= 0.3 is 0 Å². The van der Waals surface area contributed by atoms with Crippen molar-refractivity contribution in [2.45, 2.75) is 6.92 Å². The third-order valence-electron chi connectivity index (χ3n) is 2.71. The van der Waals surface area contributed by atoms with Crippen LogP contribution in [0.5, 0.6) is 0 Å². The molecule has 0 spiro atoms. The van der Waals surface area contributed by atoms with Crippen molar-refractivity contribution in [3.8, 4) is 22.8 Å². The number of hydrogen-bond acceptors (Lipinski definition) is 6. The molecule has 1 aromatic carbocycles. The van der Waals surface area contributed by atoms with E-state index in [4.69, 9.17) is 21.9 Å². The number of halogens is 2. The topological polar surface area (TPSA) is 77.8 Å². The highest BCUT2D eigenvalue weighted by molar-refractivity contribution is 7.10. The van der Waals surface area contributed by atoms with E-state index in [-0.39, 0.29) is 10.9 Å². The summed E-state index contributed by atoms with van der Waals surface area (Å²) in [4.78, 5) is 4.24. The molecule has 5 nitrogen and oxygen atoms in total. The Kier molecular flexibility index (Phi) is 3.15. The average molecular weight is 311 g/mol. The van der Waals surface area contributed by atoms with E-state index in [2.05, 4.69) is 14.5 Å². The summed E-state index contributed by atoms with van der Waals surface area (Å²) in [6.07, 6.45) is 0. The fraction of sp³-hybridized carbons (Fsp3) is 0.0833. The number of aryl methyl sites for hydroxylation is 1. The highest BCUT2D eigenvalue weighted by Crippen LogP contribution is 2.32. The van der Waals surface area contributed by atoms with Crippen molar-refractivity contribution in [3.05, 3.63) is 34.7 Å². The average Bonchev–Trinajstić information content (AvgIpc) is 3.00. The van der Waals surface area contributed by atoms with E-state index in [1.807, 2.05) is 0 Å². The van der Waals surface area contributed by atoms with Crippen molar-refractivity contribution >= 4 is 28.1 Å². The van der Waals surface area contributed by atoms with Crippen LogP contribution in [0.3, 0.4) is 0 Å². The summed E-state index contributed by atoms with van der Waals surface area (Å²) >= 11 is 6.90. The van der Waals surface area contributed by atoms with Crippen LogP contribution in [0.1, 0.15) is 5.69 Å². The second-order valence-corrected chi connectivity index (χ2v) is 5.27. The Labute approximate surface area is 122 Å². The molecule has 8 heteroatoms. The molecule has 0 unspecified atom stereocenters. The van der Waals surface area contributed by atoms with Crippen molar-refractivity contribution in [2.24, 2.45) is 0 Å². The van der Waals surface area contributed by atoms with E-state index in [0.29, 0.717) is 22.0 Å². The van der Waals surface area contributed by atoms with Crippen molar-refractivity contribution in [1.82, 2.24) is 14.5 Å². The summed E-state index contributed by atoms with van der Waals surface area (Å²) in [5, 5.41) is 4.36. The fourth-order valence-electron chi connectivity index (χ4n) is 1.72. The Bertz CT molecular complexity index is 766. The third kappa shape index (κ3) is 2.14. The molecule has 0 aliphatic carbocycles.